The molecule has 4 aromatic rings. The van der Waals surface area contributed by atoms with Gasteiger partial charge in [-0.2, -0.15) is 0 Å². The summed E-state index contributed by atoms with van der Waals surface area (Å²) in [5.41, 5.74) is 14.4. The van der Waals surface area contributed by atoms with Crippen LogP contribution >= 0.6 is 0 Å². The van der Waals surface area contributed by atoms with Crippen molar-refractivity contribution in [1.29, 1.82) is 0 Å². The molecular weight excluding hydrogens is 539 g/mol. The Labute approximate surface area is 245 Å². The molecule has 38 heavy (non-hydrogen) atoms. The molecule has 0 heterocycles. The van der Waals surface area contributed by atoms with Crippen LogP contribution in [0.2, 0.25) is 0 Å². The summed E-state index contributed by atoms with van der Waals surface area (Å²) in [5.74, 6) is 0. The number of fused-ring (bicyclic) bond motifs is 2. The molecule has 0 nitrogen and oxygen atoms in total. The molecule has 190 valence electrons. The fourth-order valence-corrected chi connectivity index (χ4v) is 12.9. The molecule has 0 saturated carbocycles. The molecule has 2 atom stereocenters. The molecule has 0 spiro atoms. The summed E-state index contributed by atoms with van der Waals surface area (Å²) in [6.45, 7) is 9.18. The maximum absolute atomic E-state index is 2.47. The molecule has 0 amide bonds. The number of aryl methyl sites for hydroxylation is 2. The Bertz CT molecular complexity index is 1450. The number of allylic oxidation sites excluding steroid dienone is 2. The predicted molar refractivity (Wildman–Crippen MR) is 151 cm³/mol. The SMILES string of the molecule is CC1=Cc2cc(C)ccc2[CH]1[Ti+2](=[C](c1ccccc1)c1ccccc1)[CH]1C(C)=Cc2cc(C)ccc21.[Cl-].[Cl-]. The fraction of sp³-hybridized carbons (Fsp3) is 0.171. The Morgan fingerprint density at radius 2 is 0.921 bits per heavy atom. The second-order valence-electron chi connectivity index (χ2n) is 10.5. The van der Waals surface area contributed by atoms with Gasteiger partial charge in [0.25, 0.3) is 0 Å². The van der Waals surface area contributed by atoms with Gasteiger partial charge in [-0.3, -0.25) is 0 Å². The fourth-order valence-electron chi connectivity index (χ4n) is 6.30. The van der Waals surface area contributed by atoms with E-state index in [-0.39, 0.29) is 24.8 Å². The zero-order valence-electron chi connectivity index (χ0n) is 22.3. The molecule has 3 heteroatoms. The third-order valence-corrected chi connectivity index (χ3v) is 14.0. The van der Waals surface area contributed by atoms with Crippen LogP contribution < -0.4 is 24.8 Å². The first-order chi connectivity index (χ1) is 17.5. The number of hydrogen-bond acceptors (Lipinski definition) is 0. The van der Waals surface area contributed by atoms with E-state index in [1.807, 2.05) is 0 Å². The molecule has 2 aliphatic carbocycles. The molecule has 0 aromatic heterocycles. The van der Waals surface area contributed by atoms with Gasteiger partial charge in [0.15, 0.2) is 0 Å². The maximum atomic E-state index is 2.47. The topological polar surface area (TPSA) is 0 Å². The Morgan fingerprint density at radius 3 is 1.32 bits per heavy atom. The molecule has 2 unspecified atom stereocenters. The summed E-state index contributed by atoms with van der Waals surface area (Å²) >= 11 is -2.15. The largest absolute Gasteiger partial charge is 1.00 e. The van der Waals surface area contributed by atoms with Crippen LogP contribution in [0, 0.1) is 13.8 Å². The smallest absolute Gasteiger partial charge is 1.00 e. The van der Waals surface area contributed by atoms with Crippen molar-refractivity contribution in [3.05, 3.63) is 153 Å². The first-order valence-electron chi connectivity index (χ1n) is 12.9. The normalized spacial score (nSPS) is 16.6. The monoisotopic (exact) mass is 570 g/mol. The van der Waals surface area contributed by atoms with E-state index >= 15 is 0 Å². The van der Waals surface area contributed by atoms with Crippen LogP contribution in [0.3, 0.4) is 0 Å². The van der Waals surface area contributed by atoms with Crippen LogP contribution in [0.25, 0.3) is 12.2 Å². The molecule has 2 aliphatic rings. The van der Waals surface area contributed by atoms with Gasteiger partial charge in [0.2, 0.25) is 0 Å². The molecule has 0 bridgehead atoms. The van der Waals surface area contributed by atoms with Crippen molar-refractivity contribution in [2.75, 3.05) is 0 Å². The molecule has 6 rings (SSSR count). The third-order valence-electron chi connectivity index (χ3n) is 7.82. The number of hydrogen-bond donors (Lipinski definition) is 0. The van der Waals surface area contributed by atoms with Crippen molar-refractivity contribution in [1.82, 2.24) is 0 Å². The van der Waals surface area contributed by atoms with Crippen LogP contribution in [-0.2, 0) is 17.4 Å². The Hall–Kier alpha value is -2.48. The van der Waals surface area contributed by atoms with Gasteiger partial charge in [-0.15, -0.1) is 0 Å². The van der Waals surface area contributed by atoms with Crippen molar-refractivity contribution in [3.63, 3.8) is 0 Å². The third kappa shape index (κ3) is 5.08. The summed E-state index contributed by atoms with van der Waals surface area (Å²) in [7, 11) is 0. The summed E-state index contributed by atoms with van der Waals surface area (Å²) in [4.78, 5) is 0. The standard InChI is InChI=1S/C13H10.2C11H11.2ClH.Ti/c1-3-7-12(8-4-1)11-13-9-5-2-6-10-13;2*1-8-3-4-10-6-9(2)7-11(10)5-8;;;/h1-10H;2*3-7H,1-2H3;2*1H;/q;;;;;+2/p-2. The predicted octanol–water partition coefficient (Wildman–Crippen LogP) is 2.81. The second-order valence-corrected chi connectivity index (χ2v) is 14.5. The van der Waals surface area contributed by atoms with E-state index in [9.17, 15) is 0 Å². The minimum atomic E-state index is -2.15. The van der Waals surface area contributed by atoms with Crippen molar-refractivity contribution in [2.24, 2.45) is 0 Å². The molecular formula is C35H32Cl2Ti. The zero-order chi connectivity index (χ0) is 24.8. The molecule has 4 aromatic carbocycles. The van der Waals surface area contributed by atoms with Crippen LogP contribution in [0.4, 0.5) is 0 Å². The van der Waals surface area contributed by atoms with Crippen LogP contribution in [0.5, 0.6) is 0 Å². The van der Waals surface area contributed by atoms with E-state index in [0.29, 0.717) is 8.45 Å². The number of benzene rings is 4. The molecule has 0 N–H and O–H groups in total. The summed E-state index contributed by atoms with van der Waals surface area (Å²) < 4.78 is 2.57. The summed E-state index contributed by atoms with van der Waals surface area (Å²) in [5, 5.41) is 0. The average Bonchev–Trinajstić information content (AvgIpc) is 3.37. The van der Waals surface area contributed by atoms with Gasteiger partial charge in [0.1, 0.15) is 0 Å². The molecule has 0 aliphatic heterocycles. The average molecular weight is 571 g/mol. The van der Waals surface area contributed by atoms with Crippen LogP contribution in [-0.4, -0.2) is 3.81 Å². The zero-order valence-corrected chi connectivity index (χ0v) is 25.4. The first kappa shape index (κ1) is 28.5. The maximum Gasteiger partial charge on any atom is -1.00 e. The van der Waals surface area contributed by atoms with Crippen molar-refractivity contribution in [3.8, 4) is 0 Å². The van der Waals surface area contributed by atoms with Crippen molar-refractivity contribution >= 4 is 16.0 Å². The van der Waals surface area contributed by atoms with Gasteiger partial charge < -0.3 is 24.8 Å². The van der Waals surface area contributed by atoms with Gasteiger partial charge in [-0.25, -0.2) is 0 Å². The molecule has 0 saturated heterocycles. The number of halogens is 2. The Morgan fingerprint density at radius 1 is 0.526 bits per heavy atom. The van der Waals surface area contributed by atoms with Gasteiger partial charge in [-0.05, 0) is 0 Å². The molecule has 0 fully saturated rings. The van der Waals surface area contributed by atoms with Crippen molar-refractivity contribution < 1.29 is 42.2 Å². The van der Waals surface area contributed by atoms with Crippen molar-refractivity contribution in [2.45, 2.75) is 36.1 Å². The van der Waals surface area contributed by atoms with Gasteiger partial charge in [0.05, 0.1) is 0 Å². The van der Waals surface area contributed by atoms with E-state index < -0.39 is 17.4 Å². The van der Waals surface area contributed by atoms with Gasteiger partial charge in [0, 0.05) is 0 Å². The van der Waals surface area contributed by atoms with E-state index in [4.69, 9.17) is 0 Å². The van der Waals surface area contributed by atoms with E-state index in [2.05, 4.69) is 137 Å². The Balaban J connectivity index is 0.00000168. The first-order valence-corrected chi connectivity index (χ1v) is 15.5. The molecule has 0 radical (unpaired) electrons. The summed E-state index contributed by atoms with van der Waals surface area (Å²) in [6, 6.07) is 36.7. The second kappa shape index (κ2) is 11.7. The summed E-state index contributed by atoms with van der Waals surface area (Å²) in [6.07, 6.45) is 4.94. The van der Waals surface area contributed by atoms with Crippen LogP contribution in [0.15, 0.2) is 108 Å². The Kier molecular flexibility index (Phi) is 8.80. The van der Waals surface area contributed by atoms with Gasteiger partial charge in [-0.1, -0.05) is 0 Å². The quantitative estimate of drug-likeness (QED) is 0.331. The van der Waals surface area contributed by atoms with Crippen LogP contribution in [0.1, 0.15) is 66.8 Å². The minimum absolute atomic E-state index is 0. The minimum Gasteiger partial charge on any atom is -1.00 e. The van der Waals surface area contributed by atoms with E-state index in [0.717, 1.165) is 0 Å². The van der Waals surface area contributed by atoms with E-state index in [1.165, 1.54) is 55.7 Å². The van der Waals surface area contributed by atoms with Gasteiger partial charge >= 0.3 is 222 Å². The number of rotatable bonds is 4. The van der Waals surface area contributed by atoms with E-state index in [1.54, 1.807) is 3.81 Å².